The summed E-state index contributed by atoms with van der Waals surface area (Å²) in [6.45, 7) is 0. The SMILES string of the molecule is c1ccc(-c2nc(-c3ccc4c(c3)sc3ccc(-c5cccc6c5sc5ccccc56)cc34)nc(-c3cccc4sc5ccccc5c34)n2)cc1. The Morgan fingerprint density at radius 1 is 0.314 bits per heavy atom. The Balaban J connectivity index is 1.07. The highest BCUT2D eigenvalue weighted by Crippen LogP contribution is 2.44. The summed E-state index contributed by atoms with van der Waals surface area (Å²) in [4.78, 5) is 15.4. The van der Waals surface area contributed by atoms with Crippen molar-refractivity contribution in [2.24, 2.45) is 0 Å². The fraction of sp³-hybridized carbons (Fsp3) is 0. The van der Waals surface area contributed by atoms with Gasteiger partial charge in [-0.2, -0.15) is 0 Å². The van der Waals surface area contributed by atoms with Crippen LogP contribution >= 0.6 is 34.0 Å². The standard InChI is InChI=1S/C45H25N3S3/c1-2-10-26(11-3-1)43-46-44(48-45(47-43)34-16-9-19-39-41(34)33-13-5-7-18-37(33)49-39)28-20-22-31-35-24-27(21-23-38(35)50-40(31)25-28)29-14-8-15-32-30-12-4-6-17-36(30)51-42(29)32/h1-25H. The second kappa shape index (κ2) is 11.4. The number of fused-ring (bicyclic) bond motifs is 9. The third kappa shape index (κ3) is 4.65. The van der Waals surface area contributed by atoms with Crippen molar-refractivity contribution in [1.82, 2.24) is 15.0 Å². The van der Waals surface area contributed by atoms with Crippen LogP contribution in [0.25, 0.3) is 106 Å². The number of nitrogens with zero attached hydrogens (tertiary/aromatic N) is 3. The van der Waals surface area contributed by atoms with Crippen molar-refractivity contribution in [3.63, 3.8) is 0 Å². The molecule has 0 saturated heterocycles. The molecule has 0 aliphatic rings. The zero-order chi connectivity index (χ0) is 33.5. The maximum Gasteiger partial charge on any atom is 0.164 e. The maximum absolute atomic E-state index is 5.19. The fourth-order valence-corrected chi connectivity index (χ4v) is 10.9. The molecule has 0 aliphatic carbocycles. The van der Waals surface area contributed by atoms with Gasteiger partial charge in [-0.05, 0) is 47.5 Å². The topological polar surface area (TPSA) is 38.7 Å². The molecule has 0 radical (unpaired) electrons. The predicted octanol–water partition coefficient (Wildman–Crippen LogP) is 13.6. The van der Waals surface area contributed by atoms with Gasteiger partial charge in [-0.3, -0.25) is 0 Å². The highest BCUT2D eigenvalue weighted by molar-refractivity contribution is 7.27. The van der Waals surface area contributed by atoms with E-state index in [1.807, 2.05) is 40.9 Å². The Labute approximate surface area is 304 Å². The van der Waals surface area contributed by atoms with Gasteiger partial charge in [0, 0.05) is 77.2 Å². The molecule has 0 saturated carbocycles. The summed E-state index contributed by atoms with van der Waals surface area (Å²) >= 11 is 5.50. The van der Waals surface area contributed by atoms with Crippen LogP contribution in [0, 0.1) is 0 Å². The molecule has 0 fully saturated rings. The van der Waals surface area contributed by atoms with Gasteiger partial charge in [0.25, 0.3) is 0 Å². The first-order chi connectivity index (χ1) is 25.2. The fourth-order valence-electron chi connectivity index (χ4n) is 7.36. The van der Waals surface area contributed by atoms with Crippen LogP contribution < -0.4 is 0 Å². The average Bonchev–Trinajstić information content (AvgIpc) is 3.88. The molecule has 0 atom stereocenters. The molecule has 7 aromatic carbocycles. The summed E-state index contributed by atoms with van der Waals surface area (Å²) in [7, 11) is 0. The van der Waals surface area contributed by atoms with Gasteiger partial charge in [0.05, 0.1) is 0 Å². The van der Waals surface area contributed by atoms with Crippen molar-refractivity contribution in [3.8, 4) is 45.3 Å². The summed E-state index contributed by atoms with van der Waals surface area (Å²) < 4.78 is 7.64. The molecule has 238 valence electrons. The summed E-state index contributed by atoms with van der Waals surface area (Å²) in [6, 6.07) is 54.2. The molecule has 0 aliphatic heterocycles. The lowest BCUT2D eigenvalue weighted by Gasteiger charge is -2.10. The summed E-state index contributed by atoms with van der Waals surface area (Å²) in [5.74, 6) is 2.03. The molecule has 6 heteroatoms. The predicted molar refractivity (Wildman–Crippen MR) is 220 cm³/mol. The van der Waals surface area contributed by atoms with E-state index in [4.69, 9.17) is 15.0 Å². The van der Waals surface area contributed by atoms with Crippen LogP contribution in [0.1, 0.15) is 0 Å². The first-order valence-corrected chi connectivity index (χ1v) is 19.3. The van der Waals surface area contributed by atoms with Gasteiger partial charge < -0.3 is 0 Å². The van der Waals surface area contributed by atoms with Crippen LogP contribution in [-0.4, -0.2) is 15.0 Å². The lowest BCUT2D eigenvalue weighted by atomic mass is 10.0. The van der Waals surface area contributed by atoms with E-state index in [1.165, 1.54) is 71.6 Å². The van der Waals surface area contributed by atoms with Gasteiger partial charge in [-0.15, -0.1) is 34.0 Å². The van der Waals surface area contributed by atoms with Crippen molar-refractivity contribution < 1.29 is 0 Å². The Bertz CT molecular complexity index is 3150. The third-order valence-corrected chi connectivity index (χ3v) is 13.2. The smallest absolute Gasteiger partial charge is 0.164 e. The first kappa shape index (κ1) is 29.0. The van der Waals surface area contributed by atoms with Crippen LogP contribution in [0.5, 0.6) is 0 Å². The second-order valence-electron chi connectivity index (χ2n) is 12.8. The number of thiophene rings is 3. The lowest BCUT2D eigenvalue weighted by Crippen LogP contribution is -2.00. The first-order valence-electron chi connectivity index (χ1n) is 16.8. The van der Waals surface area contributed by atoms with Gasteiger partial charge in [-0.25, -0.2) is 15.0 Å². The summed E-state index contributed by atoms with van der Waals surface area (Å²) in [5.41, 5.74) is 5.50. The average molecular weight is 704 g/mol. The molecule has 0 unspecified atom stereocenters. The minimum Gasteiger partial charge on any atom is -0.208 e. The van der Waals surface area contributed by atoms with E-state index in [-0.39, 0.29) is 0 Å². The summed E-state index contributed by atoms with van der Waals surface area (Å²) in [6.07, 6.45) is 0. The van der Waals surface area contributed by atoms with Crippen molar-refractivity contribution >= 4 is 94.5 Å². The zero-order valence-corrected chi connectivity index (χ0v) is 29.4. The van der Waals surface area contributed by atoms with E-state index in [1.54, 1.807) is 11.3 Å². The minimum atomic E-state index is 0.670. The van der Waals surface area contributed by atoms with Crippen molar-refractivity contribution in [2.45, 2.75) is 0 Å². The van der Waals surface area contributed by atoms with E-state index < -0.39 is 0 Å². The second-order valence-corrected chi connectivity index (χ2v) is 16.0. The molecular formula is C45H25N3S3. The van der Waals surface area contributed by atoms with E-state index in [2.05, 4.69) is 133 Å². The van der Waals surface area contributed by atoms with E-state index in [0.717, 1.165) is 16.7 Å². The Hall–Kier alpha value is -5.79. The molecule has 11 rings (SSSR count). The van der Waals surface area contributed by atoms with E-state index in [9.17, 15) is 0 Å². The monoisotopic (exact) mass is 703 g/mol. The van der Waals surface area contributed by atoms with E-state index >= 15 is 0 Å². The molecule has 4 aromatic heterocycles. The molecule has 11 aromatic rings. The normalized spacial score (nSPS) is 11.9. The van der Waals surface area contributed by atoms with Gasteiger partial charge in [0.2, 0.25) is 0 Å². The highest BCUT2D eigenvalue weighted by atomic mass is 32.1. The van der Waals surface area contributed by atoms with Gasteiger partial charge >= 0.3 is 0 Å². The molecule has 0 spiro atoms. The summed E-state index contributed by atoms with van der Waals surface area (Å²) in [5, 5.41) is 7.59. The largest absolute Gasteiger partial charge is 0.208 e. The van der Waals surface area contributed by atoms with Crippen LogP contribution in [0.4, 0.5) is 0 Å². The Kier molecular flexibility index (Phi) is 6.46. The Morgan fingerprint density at radius 2 is 0.922 bits per heavy atom. The third-order valence-electron chi connectivity index (χ3n) is 9.76. The molecular weight excluding hydrogens is 679 g/mol. The number of hydrogen-bond acceptors (Lipinski definition) is 6. The van der Waals surface area contributed by atoms with Gasteiger partial charge in [0.1, 0.15) is 0 Å². The number of benzene rings is 7. The van der Waals surface area contributed by atoms with Crippen LogP contribution in [0.3, 0.4) is 0 Å². The molecule has 51 heavy (non-hydrogen) atoms. The van der Waals surface area contributed by atoms with Crippen LogP contribution in [-0.2, 0) is 0 Å². The minimum absolute atomic E-state index is 0.670. The number of aromatic nitrogens is 3. The molecule has 4 heterocycles. The quantitative estimate of drug-likeness (QED) is 0.183. The number of hydrogen-bond donors (Lipinski definition) is 0. The van der Waals surface area contributed by atoms with Crippen molar-refractivity contribution in [1.29, 1.82) is 0 Å². The lowest BCUT2D eigenvalue weighted by molar-refractivity contribution is 1.08. The number of rotatable bonds is 4. The van der Waals surface area contributed by atoms with Gasteiger partial charge in [0.15, 0.2) is 17.5 Å². The highest BCUT2D eigenvalue weighted by Gasteiger charge is 2.18. The van der Waals surface area contributed by atoms with Crippen molar-refractivity contribution in [3.05, 3.63) is 152 Å². The Morgan fingerprint density at radius 3 is 1.80 bits per heavy atom. The molecule has 3 nitrogen and oxygen atoms in total. The molecule has 0 bridgehead atoms. The maximum atomic E-state index is 5.19. The van der Waals surface area contributed by atoms with Crippen LogP contribution in [0.15, 0.2) is 152 Å². The van der Waals surface area contributed by atoms with Crippen molar-refractivity contribution in [2.75, 3.05) is 0 Å². The van der Waals surface area contributed by atoms with E-state index in [0.29, 0.717) is 17.5 Å². The molecule has 0 N–H and O–H groups in total. The molecule has 0 amide bonds. The van der Waals surface area contributed by atoms with Gasteiger partial charge in [-0.1, -0.05) is 115 Å². The zero-order valence-electron chi connectivity index (χ0n) is 27.0. The van der Waals surface area contributed by atoms with Crippen LogP contribution in [0.2, 0.25) is 0 Å².